The minimum atomic E-state index is -0.338. The second-order valence-electron chi connectivity index (χ2n) is 4.39. The molecule has 1 aromatic carbocycles. The van der Waals surface area contributed by atoms with Crippen LogP contribution in [0.1, 0.15) is 11.4 Å². The first-order chi connectivity index (χ1) is 9.47. The summed E-state index contributed by atoms with van der Waals surface area (Å²) in [5.74, 6) is 0.0450. The molecule has 0 aliphatic heterocycles. The van der Waals surface area contributed by atoms with Crippen molar-refractivity contribution in [2.24, 2.45) is 0 Å². The van der Waals surface area contributed by atoms with Crippen molar-refractivity contribution in [1.82, 2.24) is 9.55 Å². The van der Waals surface area contributed by atoms with Gasteiger partial charge in [-0.1, -0.05) is 12.1 Å². The zero-order valence-electron chi connectivity index (χ0n) is 10.8. The Morgan fingerprint density at radius 2 is 2.00 bits per heavy atom. The number of hydrogen-bond donors (Lipinski definition) is 0. The van der Waals surface area contributed by atoms with Gasteiger partial charge in [-0.25, -0.2) is 9.37 Å². The minimum absolute atomic E-state index is 0.0219. The SMILES string of the molecule is Cc1ncc(I)c(=O)n1CC(=O)Cc1ccc(F)cc1. The molecule has 4 nitrogen and oxygen atoms in total. The monoisotopic (exact) mass is 386 g/mol. The van der Waals surface area contributed by atoms with E-state index < -0.39 is 0 Å². The molecule has 2 aromatic rings. The van der Waals surface area contributed by atoms with Crippen LogP contribution < -0.4 is 5.56 Å². The van der Waals surface area contributed by atoms with Gasteiger partial charge in [-0.15, -0.1) is 0 Å². The molecule has 1 aromatic heterocycles. The molecular weight excluding hydrogens is 374 g/mol. The molecule has 0 N–H and O–H groups in total. The molecule has 0 aliphatic carbocycles. The number of hydrogen-bond acceptors (Lipinski definition) is 3. The molecule has 0 fully saturated rings. The lowest BCUT2D eigenvalue weighted by Gasteiger charge is -2.08. The van der Waals surface area contributed by atoms with Gasteiger partial charge in [-0.3, -0.25) is 14.2 Å². The van der Waals surface area contributed by atoms with Gasteiger partial charge in [0.2, 0.25) is 0 Å². The number of carbonyl (C=O) groups is 1. The maximum Gasteiger partial charge on any atom is 0.267 e. The lowest BCUT2D eigenvalue weighted by atomic mass is 10.1. The number of ketones is 1. The van der Waals surface area contributed by atoms with Crippen LogP contribution in [0.25, 0.3) is 0 Å². The highest BCUT2D eigenvalue weighted by Gasteiger charge is 2.10. The number of benzene rings is 1. The summed E-state index contributed by atoms with van der Waals surface area (Å²) in [6, 6.07) is 5.76. The molecular formula is C14H12FIN2O2. The van der Waals surface area contributed by atoms with E-state index in [1.54, 1.807) is 19.1 Å². The van der Waals surface area contributed by atoms with E-state index in [4.69, 9.17) is 0 Å². The van der Waals surface area contributed by atoms with Crippen molar-refractivity contribution < 1.29 is 9.18 Å². The van der Waals surface area contributed by atoms with Crippen LogP contribution in [-0.2, 0) is 17.8 Å². The third-order valence-electron chi connectivity index (χ3n) is 2.85. The molecule has 0 amide bonds. The first-order valence-electron chi connectivity index (χ1n) is 5.95. The molecule has 0 saturated heterocycles. The van der Waals surface area contributed by atoms with E-state index in [1.165, 1.54) is 22.9 Å². The maximum absolute atomic E-state index is 12.8. The lowest BCUT2D eigenvalue weighted by Crippen LogP contribution is -2.29. The van der Waals surface area contributed by atoms with Gasteiger partial charge in [0.25, 0.3) is 5.56 Å². The Morgan fingerprint density at radius 3 is 2.65 bits per heavy atom. The van der Waals surface area contributed by atoms with Crippen molar-refractivity contribution in [2.45, 2.75) is 19.9 Å². The second kappa shape index (κ2) is 6.25. The molecule has 6 heteroatoms. The lowest BCUT2D eigenvalue weighted by molar-refractivity contribution is -0.119. The van der Waals surface area contributed by atoms with Crippen LogP contribution in [-0.4, -0.2) is 15.3 Å². The van der Waals surface area contributed by atoms with Crippen molar-refractivity contribution in [3.8, 4) is 0 Å². The second-order valence-corrected chi connectivity index (χ2v) is 5.55. The van der Waals surface area contributed by atoms with Crippen LogP contribution in [0, 0.1) is 16.3 Å². The zero-order chi connectivity index (χ0) is 14.7. The molecule has 2 rings (SSSR count). The molecule has 104 valence electrons. The summed E-state index contributed by atoms with van der Waals surface area (Å²) < 4.78 is 14.6. The van der Waals surface area contributed by atoms with E-state index >= 15 is 0 Å². The Kier molecular flexibility index (Phi) is 4.64. The standard InChI is InChI=1S/C14H12FIN2O2/c1-9-17-7-13(16)14(20)18(9)8-12(19)6-10-2-4-11(15)5-3-10/h2-5,7H,6,8H2,1H3. The number of Topliss-reactive ketones (excluding diaryl/α,β-unsaturated/α-hetero) is 1. The van der Waals surface area contributed by atoms with Crippen molar-refractivity contribution in [2.75, 3.05) is 0 Å². The van der Waals surface area contributed by atoms with Gasteiger partial charge in [0.05, 0.1) is 10.1 Å². The van der Waals surface area contributed by atoms with E-state index in [0.29, 0.717) is 9.39 Å². The summed E-state index contributed by atoms with van der Waals surface area (Å²) in [5.41, 5.74) is 0.506. The smallest absolute Gasteiger partial charge is 0.267 e. The maximum atomic E-state index is 12.8. The number of nitrogens with zero attached hydrogens (tertiary/aromatic N) is 2. The van der Waals surface area contributed by atoms with Crippen molar-refractivity contribution in [1.29, 1.82) is 0 Å². The average Bonchev–Trinajstić information content (AvgIpc) is 2.42. The Labute approximate surface area is 128 Å². The van der Waals surface area contributed by atoms with Gasteiger partial charge >= 0.3 is 0 Å². The van der Waals surface area contributed by atoms with Gasteiger partial charge in [0.15, 0.2) is 5.78 Å². The summed E-state index contributed by atoms with van der Waals surface area (Å²) in [6.07, 6.45) is 1.65. The van der Waals surface area contributed by atoms with Crippen LogP contribution in [0.4, 0.5) is 4.39 Å². The van der Waals surface area contributed by atoms with Crippen molar-refractivity contribution >= 4 is 28.4 Å². The Hall–Kier alpha value is -1.57. The fourth-order valence-corrected chi connectivity index (χ4v) is 2.23. The fraction of sp³-hybridized carbons (Fsp3) is 0.214. The van der Waals surface area contributed by atoms with Crippen LogP contribution in [0.2, 0.25) is 0 Å². The molecule has 0 aliphatic rings. The van der Waals surface area contributed by atoms with Crippen molar-refractivity contribution in [3.05, 3.63) is 61.6 Å². The highest BCUT2D eigenvalue weighted by atomic mass is 127. The highest BCUT2D eigenvalue weighted by molar-refractivity contribution is 14.1. The molecule has 0 saturated carbocycles. The Bertz CT molecular complexity index is 695. The highest BCUT2D eigenvalue weighted by Crippen LogP contribution is 2.05. The molecule has 1 heterocycles. The minimum Gasteiger partial charge on any atom is -0.297 e. The number of halogens is 2. The topological polar surface area (TPSA) is 52.0 Å². The van der Waals surface area contributed by atoms with Crippen LogP contribution in [0.5, 0.6) is 0 Å². The predicted molar refractivity (Wildman–Crippen MR) is 81.1 cm³/mol. The summed E-state index contributed by atoms with van der Waals surface area (Å²) in [6.45, 7) is 1.66. The predicted octanol–water partition coefficient (Wildman–Crippen LogP) is 2.11. The van der Waals surface area contributed by atoms with Gasteiger partial charge in [-0.05, 0) is 47.2 Å². The van der Waals surface area contributed by atoms with Gasteiger partial charge in [0.1, 0.15) is 11.6 Å². The largest absolute Gasteiger partial charge is 0.297 e. The van der Waals surface area contributed by atoms with E-state index in [0.717, 1.165) is 5.56 Å². The fourth-order valence-electron chi connectivity index (χ4n) is 1.80. The summed E-state index contributed by atoms with van der Waals surface area (Å²) in [4.78, 5) is 28.0. The van der Waals surface area contributed by atoms with Gasteiger partial charge in [0, 0.05) is 12.6 Å². The van der Waals surface area contributed by atoms with E-state index in [1.807, 2.05) is 22.6 Å². The number of aromatic nitrogens is 2. The number of rotatable bonds is 4. The summed E-state index contributed by atoms with van der Waals surface area (Å²) >= 11 is 1.89. The number of aryl methyl sites for hydroxylation is 1. The summed E-state index contributed by atoms with van der Waals surface area (Å²) in [5, 5.41) is 0. The number of carbonyl (C=O) groups excluding carboxylic acids is 1. The van der Waals surface area contributed by atoms with E-state index in [2.05, 4.69) is 4.98 Å². The van der Waals surface area contributed by atoms with Crippen LogP contribution in [0.15, 0.2) is 35.3 Å². The third-order valence-corrected chi connectivity index (χ3v) is 3.59. The first kappa shape index (κ1) is 14.8. The Balaban J connectivity index is 2.15. The van der Waals surface area contributed by atoms with Crippen molar-refractivity contribution in [3.63, 3.8) is 0 Å². The average molecular weight is 386 g/mol. The van der Waals surface area contributed by atoms with E-state index in [-0.39, 0.29) is 30.1 Å². The molecule has 0 spiro atoms. The summed E-state index contributed by atoms with van der Waals surface area (Å²) in [7, 11) is 0. The molecule has 0 unspecified atom stereocenters. The molecule has 0 bridgehead atoms. The van der Waals surface area contributed by atoms with Gasteiger partial charge in [-0.2, -0.15) is 0 Å². The van der Waals surface area contributed by atoms with Crippen LogP contribution in [0.3, 0.4) is 0 Å². The normalized spacial score (nSPS) is 10.6. The Morgan fingerprint density at radius 1 is 1.35 bits per heavy atom. The van der Waals surface area contributed by atoms with E-state index in [9.17, 15) is 14.0 Å². The van der Waals surface area contributed by atoms with Crippen LogP contribution >= 0.6 is 22.6 Å². The quantitative estimate of drug-likeness (QED) is 0.757. The first-order valence-corrected chi connectivity index (χ1v) is 7.03. The molecule has 0 radical (unpaired) electrons. The van der Waals surface area contributed by atoms with Gasteiger partial charge < -0.3 is 0 Å². The molecule has 20 heavy (non-hydrogen) atoms. The molecule has 0 atom stereocenters. The third kappa shape index (κ3) is 3.50. The zero-order valence-corrected chi connectivity index (χ0v) is 12.9.